The van der Waals surface area contributed by atoms with Crippen molar-refractivity contribution < 1.29 is 4.79 Å². The van der Waals surface area contributed by atoms with Crippen molar-refractivity contribution in [3.8, 4) is 6.07 Å². The first-order chi connectivity index (χ1) is 9.75. The van der Waals surface area contributed by atoms with Gasteiger partial charge in [-0.1, -0.05) is 12.8 Å². The third-order valence-electron chi connectivity index (χ3n) is 4.59. The molecular formula is C15H19N3OS. The van der Waals surface area contributed by atoms with Gasteiger partial charge in [0.2, 0.25) is 5.91 Å². The van der Waals surface area contributed by atoms with Crippen molar-refractivity contribution in [1.82, 2.24) is 9.88 Å². The van der Waals surface area contributed by atoms with E-state index in [2.05, 4.69) is 11.1 Å². The Balaban J connectivity index is 1.74. The van der Waals surface area contributed by atoms with E-state index in [9.17, 15) is 10.1 Å². The smallest absolute Gasteiger partial charge is 0.243 e. The van der Waals surface area contributed by atoms with Crippen molar-refractivity contribution in [2.75, 3.05) is 13.1 Å². The normalized spacial score (nSPS) is 25.4. The largest absolute Gasteiger partial charge is 0.341 e. The van der Waals surface area contributed by atoms with E-state index >= 15 is 0 Å². The standard InChI is InChI=1S/C15H19N3OS/c16-11-15(5-1-2-6-15)14(19)18-8-3-4-12(10-18)13-17-7-9-20-13/h7,9,12H,1-6,8,10H2. The van der Waals surface area contributed by atoms with Crippen molar-refractivity contribution in [2.45, 2.75) is 44.4 Å². The first-order valence-electron chi connectivity index (χ1n) is 7.35. The third kappa shape index (κ3) is 2.33. The molecule has 106 valence electrons. The quantitative estimate of drug-likeness (QED) is 0.841. The SMILES string of the molecule is N#CC1(C(=O)N2CCCC(c3nccs3)C2)CCCC1. The van der Waals surface area contributed by atoms with Crippen LogP contribution in [0.15, 0.2) is 11.6 Å². The lowest BCUT2D eigenvalue weighted by Gasteiger charge is -2.35. The van der Waals surface area contributed by atoms with Gasteiger partial charge in [-0.2, -0.15) is 5.26 Å². The summed E-state index contributed by atoms with van der Waals surface area (Å²) in [5, 5.41) is 12.6. The Bertz CT molecular complexity index is 514. The highest BCUT2D eigenvalue weighted by molar-refractivity contribution is 7.09. The molecule has 0 aromatic carbocycles. The number of rotatable bonds is 2. The summed E-state index contributed by atoms with van der Waals surface area (Å²) < 4.78 is 0. The summed E-state index contributed by atoms with van der Waals surface area (Å²) in [6, 6.07) is 2.32. The molecule has 0 spiro atoms. The Morgan fingerprint density at radius 3 is 2.90 bits per heavy atom. The van der Waals surface area contributed by atoms with Crippen LogP contribution in [-0.2, 0) is 4.79 Å². The maximum absolute atomic E-state index is 12.8. The van der Waals surface area contributed by atoms with Crippen molar-refractivity contribution in [1.29, 1.82) is 5.26 Å². The van der Waals surface area contributed by atoms with Crippen LogP contribution in [-0.4, -0.2) is 28.9 Å². The first-order valence-corrected chi connectivity index (χ1v) is 8.23. The average Bonchev–Trinajstić information content (AvgIpc) is 3.18. The molecule has 1 unspecified atom stereocenters. The lowest BCUT2D eigenvalue weighted by atomic mass is 9.85. The molecule has 0 radical (unpaired) electrons. The molecule has 1 aliphatic heterocycles. The van der Waals surface area contributed by atoms with Gasteiger partial charge in [-0.05, 0) is 25.7 Å². The van der Waals surface area contributed by atoms with Gasteiger partial charge in [-0.15, -0.1) is 11.3 Å². The van der Waals surface area contributed by atoms with Gasteiger partial charge in [-0.3, -0.25) is 4.79 Å². The summed E-state index contributed by atoms with van der Waals surface area (Å²) in [7, 11) is 0. The van der Waals surface area contributed by atoms with E-state index in [0.717, 1.165) is 56.6 Å². The molecule has 1 aromatic heterocycles. The number of nitriles is 1. The van der Waals surface area contributed by atoms with Crippen LogP contribution in [0.25, 0.3) is 0 Å². The number of thiazole rings is 1. The van der Waals surface area contributed by atoms with E-state index in [-0.39, 0.29) is 5.91 Å². The fourth-order valence-corrected chi connectivity index (χ4v) is 4.22. The number of amides is 1. The third-order valence-corrected chi connectivity index (χ3v) is 5.53. The van der Waals surface area contributed by atoms with Crippen LogP contribution >= 0.6 is 11.3 Å². The number of hydrogen-bond acceptors (Lipinski definition) is 4. The summed E-state index contributed by atoms with van der Waals surface area (Å²) in [6.07, 6.45) is 7.41. The topological polar surface area (TPSA) is 57.0 Å². The van der Waals surface area contributed by atoms with Gasteiger partial charge in [0.1, 0.15) is 5.41 Å². The van der Waals surface area contributed by atoms with Gasteiger partial charge in [0.05, 0.1) is 11.1 Å². The molecule has 2 fully saturated rings. The van der Waals surface area contributed by atoms with Gasteiger partial charge in [0.15, 0.2) is 0 Å². The predicted molar refractivity (Wildman–Crippen MR) is 77.2 cm³/mol. The van der Waals surface area contributed by atoms with Crippen LogP contribution < -0.4 is 0 Å². The summed E-state index contributed by atoms with van der Waals surface area (Å²) in [5.74, 6) is 0.420. The highest BCUT2D eigenvalue weighted by Gasteiger charge is 2.44. The number of carbonyl (C=O) groups excluding carboxylic acids is 1. The van der Waals surface area contributed by atoms with E-state index in [1.807, 2.05) is 16.5 Å². The van der Waals surface area contributed by atoms with Crippen LogP contribution in [0.4, 0.5) is 0 Å². The Labute approximate surface area is 123 Å². The molecule has 20 heavy (non-hydrogen) atoms. The number of aromatic nitrogens is 1. The van der Waals surface area contributed by atoms with E-state index in [1.165, 1.54) is 0 Å². The highest BCUT2D eigenvalue weighted by Crippen LogP contribution is 2.40. The number of hydrogen-bond donors (Lipinski definition) is 0. The Hall–Kier alpha value is -1.41. The van der Waals surface area contributed by atoms with Gasteiger partial charge in [-0.25, -0.2) is 4.98 Å². The zero-order valence-corrected chi connectivity index (χ0v) is 12.4. The second kappa shape index (κ2) is 5.53. The molecule has 3 rings (SSSR count). The maximum Gasteiger partial charge on any atom is 0.243 e. The molecule has 0 bridgehead atoms. The summed E-state index contributed by atoms with van der Waals surface area (Å²) >= 11 is 1.67. The van der Waals surface area contributed by atoms with Crippen molar-refractivity contribution in [3.63, 3.8) is 0 Å². The fraction of sp³-hybridized carbons (Fsp3) is 0.667. The van der Waals surface area contributed by atoms with Crippen LogP contribution in [0.1, 0.15) is 49.5 Å². The summed E-state index contributed by atoms with van der Waals surface area (Å²) in [5.41, 5.74) is -0.731. The van der Waals surface area contributed by atoms with Crippen molar-refractivity contribution in [3.05, 3.63) is 16.6 Å². The summed E-state index contributed by atoms with van der Waals surface area (Å²) in [6.45, 7) is 1.53. The molecule has 0 N–H and O–H groups in total. The average molecular weight is 289 g/mol. The minimum atomic E-state index is -0.731. The Morgan fingerprint density at radius 2 is 2.25 bits per heavy atom. The van der Waals surface area contributed by atoms with Gasteiger partial charge < -0.3 is 4.90 Å². The van der Waals surface area contributed by atoms with E-state index in [0.29, 0.717) is 5.92 Å². The van der Waals surface area contributed by atoms with E-state index < -0.39 is 5.41 Å². The number of nitrogens with zero attached hydrogens (tertiary/aromatic N) is 3. The van der Waals surface area contributed by atoms with Crippen molar-refractivity contribution in [2.24, 2.45) is 5.41 Å². The van der Waals surface area contributed by atoms with Crippen LogP contribution in [0.5, 0.6) is 0 Å². The van der Waals surface area contributed by atoms with Gasteiger partial charge in [0.25, 0.3) is 0 Å². The lowest BCUT2D eigenvalue weighted by molar-refractivity contribution is -0.140. The van der Waals surface area contributed by atoms with Crippen LogP contribution in [0.3, 0.4) is 0 Å². The molecular weight excluding hydrogens is 270 g/mol. The van der Waals surface area contributed by atoms with E-state index in [4.69, 9.17) is 0 Å². The lowest BCUT2D eigenvalue weighted by Crippen LogP contribution is -2.46. The molecule has 4 nitrogen and oxygen atoms in total. The molecule has 1 saturated heterocycles. The second-order valence-corrected chi connectivity index (χ2v) is 6.79. The first kappa shape index (κ1) is 13.6. The molecule has 1 aromatic rings. The Morgan fingerprint density at radius 1 is 1.45 bits per heavy atom. The molecule has 5 heteroatoms. The molecule has 1 atom stereocenters. The minimum absolute atomic E-state index is 0.0683. The van der Waals surface area contributed by atoms with Gasteiger partial charge in [0, 0.05) is 30.6 Å². The predicted octanol–water partition coefficient (Wildman–Crippen LogP) is 2.93. The number of likely N-dealkylation sites (tertiary alicyclic amines) is 1. The minimum Gasteiger partial charge on any atom is -0.341 e. The van der Waals surface area contributed by atoms with Crippen molar-refractivity contribution >= 4 is 17.2 Å². The summed E-state index contributed by atoms with van der Waals surface area (Å²) in [4.78, 5) is 19.1. The van der Waals surface area contributed by atoms with Crippen LogP contribution in [0, 0.1) is 16.7 Å². The number of carbonyl (C=O) groups is 1. The van der Waals surface area contributed by atoms with Crippen LogP contribution in [0.2, 0.25) is 0 Å². The molecule has 1 aliphatic carbocycles. The number of piperidine rings is 1. The molecule has 1 amide bonds. The van der Waals surface area contributed by atoms with Gasteiger partial charge >= 0.3 is 0 Å². The Kier molecular flexibility index (Phi) is 3.75. The van der Waals surface area contributed by atoms with E-state index in [1.54, 1.807) is 11.3 Å². The molecule has 2 heterocycles. The highest BCUT2D eigenvalue weighted by atomic mass is 32.1. The zero-order chi connectivity index (χ0) is 14.0. The second-order valence-electron chi connectivity index (χ2n) is 5.86. The molecule has 1 saturated carbocycles. The fourth-order valence-electron chi connectivity index (χ4n) is 3.45. The maximum atomic E-state index is 12.8. The monoisotopic (exact) mass is 289 g/mol. The molecule has 2 aliphatic rings. The zero-order valence-electron chi connectivity index (χ0n) is 11.5.